The van der Waals surface area contributed by atoms with Gasteiger partial charge in [-0.15, -0.1) is 0 Å². The molecule has 2 aromatic carbocycles. The zero-order valence-electron chi connectivity index (χ0n) is 17.0. The van der Waals surface area contributed by atoms with Crippen LogP contribution >= 0.6 is 11.8 Å². The van der Waals surface area contributed by atoms with Crippen LogP contribution in [0.4, 0.5) is 9.18 Å². The molecule has 4 nitrogen and oxygen atoms in total. The maximum Gasteiger partial charge on any atom is 0.293 e. The van der Waals surface area contributed by atoms with Crippen molar-refractivity contribution in [1.82, 2.24) is 9.47 Å². The summed E-state index contributed by atoms with van der Waals surface area (Å²) >= 11 is 0.937. The molecule has 4 rings (SSSR count). The summed E-state index contributed by atoms with van der Waals surface area (Å²) in [7, 11) is 0. The molecule has 1 saturated heterocycles. The predicted octanol–water partition coefficient (Wildman–Crippen LogP) is 5.78. The van der Waals surface area contributed by atoms with E-state index in [0.717, 1.165) is 40.0 Å². The molecule has 1 fully saturated rings. The van der Waals surface area contributed by atoms with Crippen LogP contribution < -0.4 is 0 Å². The van der Waals surface area contributed by atoms with Gasteiger partial charge in [-0.2, -0.15) is 0 Å². The van der Waals surface area contributed by atoms with Crippen molar-refractivity contribution in [1.29, 1.82) is 0 Å². The molecule has 1 aliphatic heterocycles. The molecule has 0 aliphatic carbocycles. The topological polar surface area (TPSA) is 42.3 Å². The maximum absolute atomic E-state index is 13.1. The molecule has 0 bridgehead atoms. The Morgan fingerprint density at radius 1 is 1.00 bits per heavy atom. The van der Waals surface area contributed by atoms with Gasteiger partial charge < -0.3 is 4.57 Å². The van der Waals surface area contributed by atoms with Crippen LogP contribution in [0.25, 0.3) is 11.8 Å². The Kier molecular flexibility index (Phi) is 5.35. The standard InChI is InChI=1S/C24H21FN2O2S/c1-15-6-4-5-7-21(15)27-16(2)12-19(17(27)3)13-22-23(28)26(24(29)30-22)14-18-8-10-20(25)11-9-18/h4-13H,14H2,1-3H3/b22-13+. The number of benzene rings is 2. The highest BCUT2D eigenvalue weighted by Gasteiger charge is 2.35. The van der Waals surface area contributed by atoms with Crippen molar-refractivity contribution in [2.75, 3.05) is 0 Å². The highest BCUT2D eigenvalue weighted by molar-refractivity contribution is 8.18. The van der Waals surface area contributed by atoms with E-state index in [9.17, 15) is 14.0 Å². The predicted molar refractivity (Wildman–Crippen MR) is 118 cm³/mol. The summed E-state index contributed by atoms with van der Waals surface area (Å²) in [6, 6.07) is 16.0. The minimum absolute atomic E-state index is 0.129. The highest BCUT2D eigenvalue weighted by Crippen LogP contribution is 2.35. The molecule has 2 amide bonds. The van der Waals surface area contributed by atoms with Crippen LogP contribution in [0.1, 0.15) is 28.1 Å². The monoisotopic (exact) mass is 420 g/mol. The first-order valence-corrected chi connectivity index (χ1v) is 10.4. The summed E-state index contributed by atoms with van der Waals surface area (Å²) in [4.78, 5) is 26.9. The smallest absolute Gasteiger partial charge is 0.293 e. The Bertz CT molecular complexity index is 1180. The summed E-state index contributed by atoms with van der Waals surface area (Å²) < 4.78 is 15.3. The van der Waals surface area contributed by atoms with Crippen LogP contribution in [0.15, 0.2) is 59.5 Å². The van der Waals surface area contributed by atoms with E-state index in [0.29, 0.717) is 10.5 Å². The number of aryl methyl sites for hydroxylation is 2. The Labute approximate surface area is 179 Å². The fourth-order valence-electron chi connectivity index (χ4n) is 3.67. The molecule has 2 heterocycles. The van der Waals surface area contributed by atoms with Crippen LogP contribution in [-0.2, 0) is 11.3 Å². The van der Waals surface area contributed by atoms with Crippen LogP contribution in [0.5, 0.6) is 0 Å². The van der Waals surface area contributed by atoms with E-state index in [1.165, 1.54) is 17.0 Å². The molecule has 6 heteroatoms. The number of halogens is 1. The van der Waals surface area contributed by atoms with E-state index >= 15 is 0 Å². The summed E-state index contributed by atoms with van der Waals surface area (Å²) in [5, 5.41) is -0.316. The number of carbonyl (C=O) groups excluding carboxylic acids is 2. The maximum atomic E-state index is 13.1. The first-order chi connectivity index (χ1) is 14.3. The van der Waals surface area contributed by atoms with Crippen molar-refractivity contribution < 1.29 is 14.0 Å². The first-order valence-electron chi connectivity index (χ1n) is 9.60. The third-order valence-electron chi connectivity index (χ3n) is 5.24. The third-order valence-corrected chi connectivity index (χ3v) is 6.15. The van der Waals surface area contributed by atoms with E-state index < -0.39 is 0 Å². The van der Waals surface area contributed by atoms with Gasteiger partial charge in [-0.3, -0.25) is 14.5 Å². The van der Waals surface area contributed by atoms with Crippen molar-refractivity contribution in [3.8, 4) is 5.69 Å². The highest BCUT2D eigenvalue weighted by atomic mass is 32.2. The van der Waals surface area contributed by atoms with Crippen molar-refractivity contribution in [3.63, 3.8) is 0 Å². The molecule has 3 aromatic rings. The molecule has 0 saturated carbocycles. The number of hydrogen-bond donors (Lipinski definition) is 0. The largest absolute Gasteiger partial charge is 0.318 e. The molecule has 30 heavy (non-hydrogen) atoms. The van der Waals surface area contributed by atoms with Gasteiger partial charge in [-0.25, -0.2) is 4.39 Å². The number of amides is 2. The minimum atomic E-state index is -0.350. The molecular formula is C24H21FN2O2S. The fourth-order valence-corrected chi connectivity index (χ4v) is 4.50. The van der Waals surface area contributed by atoms with Crippen LogP contribution in [0.2, 0.25) is 0 Å². The Hall–Kier alpha value is -3.12. The SMILES string of the molecule is Cc1ccccc1-n1c(C)cc(/C=C2/SC(=O)N(Cc3ccc(F)cc3)C2=O)c1C. The van der Waals surface area contributed by atoms with Crippen LogP contribution in [-0.4, -0.2) is 20.6 Å². The number of imide groups is 1. The van der Waals surface area contributed by atoms with Gasteiger partial charge in [0.15, 0.2) is 0 Å². The number of aromatic nitrogens is 1. The van der Waals surface area contributed by atoms with Gasteiger partial charge in [0.25, 0.3) is 11.1 Å². The Balaban J connectivity index is 1.63. The van der Waals surface area contributed by atoms with Crippen LogP contribution in [0, 0.1) is 26.6 Å². The zero-order chi connectivity index (χ0) is 21.4. The second-order valence-electron chi connectivity index (χ2n) is 7.34. The lowest BCUT2D eigenvalue weighted by atomic mass is 10.2. The average molecular weight is 421 g/mol. The summed E-state index contributed by atoms with van der Waals surface area (Å²) in [6.45, 7) is 6.23. The molecule has 1 aliphatic rings. The number of rotatable bonds is 4. The van der Waals surface area contributed by atoms with Crippen molar-refractivity contribution in [3.05, 3.63) is 93.4 Å². The van der Waals surface area contributed by atoms with Gasteiger partial charge in [0.2, 0.25) is 0 Å². The Morgan fingerprint density at radius 3 is 2.40 bits per heavy atom. The molecule has 152 valence electrons. The molecule has 0 N–H and O–H groups in total. The van der Waals surface area contributed by atoms with Gasteiger partial charge in [-0.1, -0.05) is 30.3 Å². The van der Waals surface area contributed by atoms with E-state index in [4.69, 9.17) is 0 Å². The summed E-state index contributed by atoms with van der Waals surface area (Å²) in [5.74, 6) is -0.674. The van der Waals surface area contributed by atoms with Crippen molar-refractivity contribution in [2.45, 2.75) is 27.3 Å². The number of thioether (sulfide) groups is 1. The lowest BCUT2D eigenvalue weighted by Gasteiger charge is -2.12. The molecule has 0 radical (unpaired) electrons. The lowest BCUT2D eigenvalue weighted by Crippen LogP contribution is -2.27. The van der Waals surface area contributed by atoms with E-state index in [1.54, 1.807) is 18.2 Å². The summed E-state index contributed by atoms with van der Waals surface area (Å²) in [5.41, 5.74) is 5.92. The number of nitrogens with zero attached hydrogens (tertiary/aromatic N) is 2. The summed E-state index contributed by atoms with van der Waals surface area (Å²) in [6.07, 6.45) is 1.78. The fraction of sp³-hybridized carbons (Fsp3) is 0.167. The zero-order valence-corrected chi connectivity index (χ0v) is 17.8. The van der Waals surface area contributed by atoms with Crippen molar-refractivity contribution in [2.24, 2.45) is 0 Å². The molecule has 0 spiro atoms. The van der Waals surface area contributed by atoms with Gasteiger partial charge in [-0.05, 0) is 79.6 Å². The number of hydrogen-bond acceptors (Lipinski definition) is 3. The van der Waals surface area contributed by atoms with Gasteiger partial charge in [0.05, 0.1) is 11.4 Å². The second-order valence-corrected chi connectivity index (χ2v) is 8.34. The normalized spacial score (nSPS) is 15.5. The minimum Gasteiger partial charge on any atom is -0.318 e. The van der Waals surface area contributed by atoms with Crippen LogP contribution in [0.3, 0.4) is 0 Å². The molecule has 1 aromatic heterocycles. The number of para-hydroxylation sites is 1. The van der Waals surface area contributed by atoms with Gasteiger partial charge in [0, 0.05) is 17.1 Å². The lowest BCUT2D eigenvalue weighted by molar-refractivity contribution is -0.123. The third kappa shape index (κ3) is 3.71. The number of carbonyl (C=O) groups is 2. The second kappa shape index (κ2) is 7.95. The van der Waals surface area contributed by atoms with E-state index in [1.807, 2.05) is 32.0 Å². The average Bonchev–Trinajstić information content (AvgIpc) is 3.14. The molecule has 0 atom stereocenters. The Morgan fingerprint density at radius 2 is 1.70 bits per heavy atom. The van der Waals surface area contributed by atoms with Crippen molar-refractivity contribution >= 4 is 29.0 Å². The van der Waals surface area contributed by atoms with Gasteiger partial charge in [0.1, 0.15) is 5.82 Å². The molecular weight excluding hydrogens is 399 g/mol. The quantitative estimate of drug-likeness (QED) is 0.503. The first kappa shape index (κ1) is 20.2. The van der Waals surface area contributed by atoms with Gasteiger partial charge >= 0.3 is 0 Å². The molecule has 0 unspecified atom stereocenters. The van der Waals surface area contributed by atoms with E-state index in [2.05, 4.69) is 23.6 Å². The van der Waals surface area contributed by atoms with E-state index in [-0.39, 0.29) is 23.5 Å².